The van der Waals surface area contributed by atoms with E-state index in [9.17, 15) is 4.39 Å². The van der Waals surface area contributed by atoms with Gasteiger partial charge in [-0.25, -0.2) is 4.39 Å². The molecular weight excluding hydrogens is 223 g/mol. The Labute approximate surface area is 100 Å². The molecule has 0 aliphatic heterocycles. The molecule has 0 aliphatic carbocycles. The Bertz CT molecular complexity index is 538. The van der Waals surface area contributed by atoms with Crippen LogP contribution in [0.15, 0.2) is 30.3 Å². The first-order chi connectivity index (χ1) is 7.41. The molecule has 0 saturated heterocycles. The summed E-state index contributed by atoms with van der Waals surface area (Å²) < 4.78 is 14.1. The molecule has 0 N–H and O–H groups in total. The van der Waals surface area contributed by atoms with Gasteiger partial charge in [-0.05, 0) is 22.4 Å². The lowest BCUT2D eigenvalue weighted by molar-refractivity contribution is 0.586. The summed E-state index contributed by atoms with van der Waals surface area (Å²) in [6, 6.07) is 9.28. The van der Waals surface area contributed by atoms with E-state index in [0.29, 0.717) is 5.39 Å². The van der Waals surface area contributed by atoms with Gasteiger partial charge in [0.05, 0.1) is 5.02 Å². The van der Waals surface area contributed by atoms with Crippen molar-refractivity contribution in [2.24, 2.45) is 0 Å². The molecule has 2 rings (SSSR count). The molecule has 0 spiro atoms. The summed E-state index contributed by atoms with van der Waals surface area (Å²) >= 11 is 5.83. The van der Waals surface area contributed by atoms with Gasteiger partial charge in [0.1, 0.15) is 5.82 Å². The van der Waals surface area contributed by atoms with Crippen LogP contribution in [0, 0.1) is 5.82 Å². The van der Waals surface area contributed by atoms with E-state index >= 15 is 0 Å². The van der Waals surface area contributed by atoms with Gasteiger partial charge in [-0.1, -0.05) is 56.6 Å². The number of hydrogen-bond donors (Lipinski definition) is 0. The molecule has 0 heterocycles. The van der Waals surface area contributed by atoms with Crippen molar-refractivity contribution in [3.8, 4) is 0 Å². The van der Waals surface area contributed by atoms with E-state index < -0.39 is 0 Å². The zero-order valence-electron chi connectivity index (χ0n) is 9.64. The van der Waals surface area contributed by atoms with Gasteiger partial charge in [-0.3, -0.25) is 0 Å². The van der Waals surface area contributed by atoms with Crippen molar-refractivity contribution in [3.63, 3.8) is 0 Å². The second-order valence-electron chi connectivity index (χ2n) is 5.02. The molecule has 0 bridgehead atoms. The fourth-order valence-electron chi connectivity index (χ4n) is 1.93. The summed E-state index contributed by atoms with van der Waals surface area (Å²) in [6.45, 7) is 6.21. The minimum absolute atomic E-state index is 0.0922. The summed E-state index contributed by atoms with van der Waals surface area (Å²) in [5, 5.41) is 1.72. The van der Waals surface area contributed by atoms with E-state index in [2.05, 4.69) is 20.8 Å². The van der Waals surface area contributed by atoms with Crippen LogP contribution in [0.4, 0.5) is 4.39 Å². The van der Waals surface area contributed by atoms with Gasteiger partial charge in [0.2, 0.25) is 0 Å². The fraction of sp³-hybridized carbons (Fsp3) is 0.286. The molecule has 0 aromatic heterocycles. The van der Waals surface area contributed by atoms with Crippen LogP contribution in [0.25, 0.3) is 10.8 Å². The van der Waals surface area contributed by atoms with Crippen molar-refractivity contribution >= 4 is 22.4 Å². The minimum Gasteiger partial charge on any atom is -0.205 e. The van der Waals surface area contributed by atoms with Crippen LogP contribution in [0.3, 0.4) is 0 Å². The smallest absolute Gasteiger partial charge is 0.149 e. The highest BCUT2D eigenvalue weighted by atomic mass is 35.5. The fourth-order valence-corrected chi connectivity index (χ4v) is 2.09. The van der Waals surface area contributed by atoms with Crippen LogP contribution in [-0.4, -0.2) is 0 Å². The maximum Gasteiger partial charge on any atom is 0.149 e. The van der Waals surface area contributed by atoms with Gasteiger partial charge in [-0.2, -0.15) is 0 Å². The van der Waals surface area contributed by atoms with E-state index in [1.807, 2.05) is 24.3 Å². The Hall–Kier alpha value is -1.08. The topological polar surface area (TPSA) is 0 Å². The lowest BCUT2D eigenvalue weighted by Crippen LogP contribution is -2.12. The standard InChI is InChI=1S/C14H14ClF/c1-14(2,3)10-6-4-5-9-7-8-11(15)13(16)12(9)10/h4-8H,1-3H3. The molecule has 0 fully saturated rings. The van der Waals surface area contributed by atoms with Crippen LogP contribution in [0.2, 0.25) is 5.02 Å². The van der Waals surface area contributed by atoms with Gasteiger partial charge in [0.15, 0.2) is 0 Å². The third-order valence-electron chi connectivity index (χ3n) is 2.74. The number of halogens is 2. The van der Waals surface area contributed by atoms with Crippen molar-refractivity contribution in [2.45, 2.75) is 26.2 Å². The number of hydrogen-bond acceptors (Lipinski definition) is 0. The Morgan fingerprint density at radius 2 is 1.75 bits per heavy atom. The molecule has 0 amide bonds. The zero-order chi connectivity index (χ0) is 11.9. The maximum atomic E-state index is 14.1. The van der Waals surface area contributed by atoms with Crippen molar-refractivity contribution in [1.82, 2.24) is 0 Å². The van der Waals surface area contributed by atoms with E-state index in [1.165, 1.54) is 0 Å². The normalized spacial score (nSPS) is 12.1. The van der Waals surface area contributed by atoms with Crippen LogP contribution < -0.4 is 0 Å². The largest absolute Gasteiger partial charge is 0.205 e. The summed E-state index contributed by atoms with van der Waals surface area (Å²) in [7, 11) is 0. The van der Waals surface area contributed by atoms with Crippen LogP contribution in [0.1, 0.15) is 26.3 Å². The Kier molecular flexibility index (Phi) is 2.67. The third kappa shape index (κ3) is 1.80. The quantitative estimate of drug-likeness (QED) is 0.608. The molecule has 2 heteroatoms. The minimum atomic E-state index is -0.315. The highest BCUT2D eigenvalue weighted by molar-refractivity contribution is 6.31. The molecule has 2 aromatic carbocycles. The first-order valence-electron chi connectivity index (χ1n) is 5.28. The highest BCUT2D eigenvalue weighted by Crippen LogP contribution is 2.33. The van der Waals surface area contributed by atoms with Gasteiger partial charge in [0, 0.05) is 5.39 Å². The monoisotopic (exact) mass is 236 g/mol. The average molecular weight is 237 g/mol. The zero-order valence-corrected chi connectivity index (χ0v) is 10.4. The summed E-state index contributed by atoms with van der Waals surface area (Å²) in [5.41, 5.74) is 0.899. The van der Waals surface area contributed by atoms with Crippen LogP contribution in [-0.2, 0) is 5.41 Å². The lowest BCUT2D eigenvalue weighted by atomic mass is 9.83. The van der Waals surface area contributed by atoms with E-state index in [0.717, 1.165) is 10.9 Å². The second kappa shape index (κ2) is 3.74. The van der Waals surface area contributed by atoms with Crippen molar-refractivity contribution in [3.05, 3.63) is 46.7 Å². The summed E-state index contributed by atoms with van der Waals surface area (Å²) in [4.78, 5) is 0. The molecule has 0 aliphatic rings. The van der Waals surface area contributed by atoms with Crippen LogP contribution in [0.5, 0.6) is 0 Å². The van der Waals surface area contributed by atoms with Crippen LogP contribution >= 0.6 is 11.6 Å². The average Bonchev–Trinajstić information content (AvgIpc) is 2.21. The molecule has 0 atom stereocenters. The second-order valence-corrected chi connectivity index (χ2v) is 5.42. The lowest BCUT2D eigenvalue weighted by Gasteiger charge is -2.21. The van der Waals surface area contributed by atoms with E-state index in [4.69, 9.17) is 11.6 Å². The Morgan fingerprint density at radius 1 is 1.06 bits per heavy atom. The van der Waals surface area contributed by atoms with Gasteiger partial charge in [-0.15, -0.1) is 0 Å². The highest BCUT2D eigenvalue weighted by Gasteiger charge is 2.19. The first-order valence-corrected chi connectivity index (χ1v) is 5.66. The molecule has 84 valence electrons. The predicted octanol–water partition coefficient (Wildman–Crippen LogP) is 4.93. The number of rotatable bonds is 0. The van der Waals surface area contributed by atoms with Gasteiger partial charge in [0.25, 0.3) is 0 Å². The summed E-state index contributed by atoms with van der Waals surface area (Å²) in [5.74, 6) is -0.315. The van der Waals surface area contributed by atoms with Gasteiger partial charge < -0.3 is 0 Å². The van der Waals surface area contributed by atoms with Gasteiger partial charge >= 0.3 is 0 Å². The van der Waals surface area contributed by atoms with Crippen molar-refractivity contribution in [2.75, 3.05) is 0 Å². The Morgan fingerprint density at radius 3 is 2.38 bits per heavy atom. The molecule has 0 unspecified atom stereocenters. The molecule has 0 nitrogen and oxygen atoms in total. The first kappa shape index (κ1) is 11.4. The number of benzene rings is 2. The third-order valence-corrected chi connectivity index (χ3v) is 3.04. The maximum absolute atomic E-state index is 14.1. The van der Waals surface area contributed by atoms with E-state index in [1.54, 1.807) is 6.07 Å². The molecule has 16 heavy (non-hydrogen) atoms. The molecule has 2 aromatic rings. The predicted molar refractivity (Wildman–Crippen MR) is 67.6 cm³/mol. The van der Waals surface area contributed by atoms with Crippen molar-refractivity contribution < 1.29 is 4.39 Å². The molecule has 0 radical (unpaired) electrons. The van der Waals surface area contributed by atoms with Crippen molar-refractivity contribution in [1.29, 1.82) is 0 Å². The Balaban J connectivity index is 2.91. The SMILES string of the molecule is CC(C)(C)c1cccc2ccc(Cl)c(F)c12. The van der Waals surface area contributed by atoms with E-state index in [-0.39, 0.29) is 16.3 Å². The molecular formula is C14H14ClF. The summed E-state index contributed by atoms with van der Waals surface area (Å²) in [6.07, 6.45) is 0. The molecule has 0 saturated carbocycles. The number of fused-ring (bicyclic) bond motifs is 1.